The Bertz CT molecular complexity index is 324. The molecule has 0 aliphatic carbocycles. The van der Waals surface area contributed by atoms with Gasteiger partial charge >= 0.3 is 0 Å². The SMILES string of the molecule is Cc1ccc(N2CCNCC2)cc1Br.Cl. The van der Waals surface area contributed by atoms with E-state index in [0.717, 1.165) is 26.2 Å². The highest BCUT2D eigenvalue weighted by Crippen LogP contribution is 2.23. The average molecular weight is 292 g/mol. The van der Waals surface area contributed by atoms with Crippen LogP contribution < -0.4 is 10.2 Å². The molecule has 1 aliphatic heterocycles. The smallest absolute Gasteiger partial charge is 0.0378 e. The molecule has 0 atom stereocenters. The van der Waals surface area contributed by atoms with E-state index < -0.39 is 0 Å². The van der Waals surface area contributed by atoms with Gasteiger partial charge < -0.3 is 10.2 Å². The lowest BCUT2D eigenvalue weighted by Crippen LogP contribution is -2.43. The van der Waals surface area contributed by atoms with Gasteiger partial charge in [-0.25, -0.2) is 0 Å². The van der Waals surface area contributed by atoms with Gasteiger partial charge in [-0.2, -0.15) is 0 Å². The van der Waals surface area contributed by atoms with Crippen molar-refractivity contribution in [1.82, 2.24) is 5.32 Å². The standard InChI is InChI=1S/C11H15BrN2.ClH/c1-9-2-3-10(8-11(9)12)14-6-4-13-5-7-14;/h2-3,8,13H,4-7H2,1H3;1H. The minimum Gasteiger partial charge on any atom is -0.369 e. The lowest BCUT2D eigenvalue weighted by Gasteiger charge is -2.29. The van der Waals surface area contributed by atoms with Crippen LogP contribution >= 0.6 is 28.3 Å². The third-order valence-corrected chi connectivity index (χ3v) is 3.49. The van der Waals surface area contributed by atoms with Crippen molar-refractivity contribution < 1.29 is 0 Å². The van der Waals surface area contributed by atoms with Crippen LogP contribution in [0.5, 0.6) is 0 Å². The predicted molar refractivity (Wildman–Crippen MR) is 71.2 cm³/mol. The van der Waals surface area contributed by atoms with Crippen molar-refractivity contribution in [3.63, 3.8) is 0 Å². The van der Waals surface area contributed by atoms with Crippen LogP contribution in [0, 0.1) is 6.92 Å². The molecule has 1 N–H and O–H groups in total. The molecule has 84 valence electrons. The van der Waals surface area contributed by atoms with Gasteiger partial charge in [0, 0.05) is 36.3 Å². The van der Waals surface area contributed by atoms with Crippen molar-refractivity contribution in [3.05, 3.63) is 28.2 Å². The van der Waals surface area contributed by atoms with Crippen molar-refractivity contribution in [2.24, 2.45) is 0 Å². The molecule has 4 heteroatoms. The third kappa shape index (κ3) is 3.10. The number of halogens is 2. The quantitative estimate of drug-likeness (QED) is 0.855. The van der Waals surface area contributed by atoms with Crippen molar-refractivity contribution in [2.45, 2.75) is 6.92 Å². The van der Waals surface area contributed by atoms with E-state index in [1.807, 2.05) is 0 Å². The summed E-state index contributed by atoms with van der Waals surface area (Å²) >= 11 is 3.57. The summed E-state index contributed by atoms with van der Waals surface area (Å²) in [6.07, 6.45) is 0. The molecule has 1 saturated heterocycles. The third-order valence-electron chi connectivity index (χ3n) is 2.64. The van der Waals surface area contributed by atoms with Crippen LogP contribution in [-0.2, 0) is 0 Å². The maximum absolute atomic E-state index is 3.57. The number of benzene rings is 1. The van der Waals surface area contributed by atoms with Gasteiger partial charge in [0.05, 0.1) is 0 Å². The van der Waals surface area contributed by atoms with Crippen LogP contribution in [0.15, 0.2) is 22.7 Å². The summed E-state index contributed by atoms with van der Waals surface area (Å²) in [5.74, 6) is 0. The summed E-state index contributed by atoms with van der Waals surface area (Å²) in [6, 6.07) is 6.58. The highest BCUT2D eigenvalue weighted by atomic mass is 79.9. The number of rotatable bonds is 1. The van der Waals surface area contributed by atoms with E-state index in [9.17, 15) is 0 Å². The average Bonchev–Trinajstić information content (AvgIpc) is 2.23. The number of aryl methyl sites for hydroxylation is 1. The number of hydrogen-bond acceptors (Lipinski definition) is 2. The summed E-state index contributed by atoms with van der Waals surface area (Å²) in [7, 11) is 0. The van der Waals surface area contributed by atoms with Gasteiger partial charge in [0.25, 0.3) is 0 Å². The Morgan fingerprint density at radius 1 is 1.27 bits per heavy atom. The van der Waals surface area contributed by atoms with Gasteiger partial charge in [0.15, 0.2) is 0 Å². The maximum Gasteiger partial charge on any atom is 0.0378 e. The van der Waals surface area contributed by atoms with Crippen LogP contribution in [0.4, 0.5) is 5.69 Å². The van der Waals surface area contributed by atoms with Gasteiger partial charge in [-0.3, -0.25) is 0 Å². The number of nitrogens with one attached hydrogen (secondary N) is 1. The van der Waals surface area contributed by atoms with Crippen LogP contribution in [-0.4, -0.2) is 26.2 Å². The zero-order chi connectivity index (χ0) is 9.97. The first-order valence-electron chi connectivity index (χ1n) is 4.99. The van der Waals surface area contributed by atoms with Crippen LogP contribution in [0.25, 0.3) is 0 Å². The Hall–Kier alpha value is -0.250. The number of anilines is 1. The van der Waals surface area contributed by atoms with Crippen LogP contribution in [0.1, 0.15) is 5.56 Å². The Morgan fingerprint density at radius 3 is 2.53 bits per heavy atom. The van der Waals surface area contributed by atoms with E-state index in [0.29, 0.717) is 0 Å². The second kappa shape index (κ2) is 5.73. The number of nitrogens with zero attached hydrogens (tertiary/aromatic N) is 1. The molecule has 2 nitrogen and oxygen atoms in total. The predicted octanol–water partition coefficient (Wildman–Crippen LogP) is 2.59. The van der Waals surface area contributed by atoms with Crippen molar-refractivity contribution in [2.75, 3.05) is 31.1 Å². The number of piperazine rings is 1. The fourth-order valence-corrected chi connectivity index (χ4v) is 2.07. The fourth-order valence-electron chi connectivity index (χ4n) is 1.70. The van der Waals surface area contributed by atoms with Crippen molar-refractivity contribution >= 4 is 34.0 Å². The van der Waals surface area contributed by atoms with E-state index in [-0.39, 0.29) is 12.4 Å². The molecule has 1 aromatic rings. The largest absolute Gasteiger partial charge is 0.369 e. The summed E-state index contributed by atoms with van der Waals surface area (Å²) in [5.41, 5.74) is 2.62. The van der Waals surface area contributed by atoms with E-state index in [1.54, 1.807) is 0 Å². The lowest BCUT2D eigenvalue weighted by molar-refractivity contribution is 0.589. The molecule has 1 aromatic carbocycles. The molecule has 0 saturated carbocycles. The molecular weight excluding hydrogens is 275 g/mol. The van der Waals surface area contributed by atoms with E-state index in [4.69, 9.17) is 0 Å². The normalized spacial score (nSPS) is 16.0. The molecule has 0 amide bonds. The first-order valence-corrected chi connectivity index (χ1v) is 5.78. The summed E-state index contributed by atoms with van der Waals surface area (Å²) in [5, 5.41) is 3.36. The van der Waals surface area contributed by atoms with Crippen LogP contribution in [0.2, 0.25) is 0 Å². The summed E-state index contributed by atoms with van der Waals surface area (Å²) < 4.78 is 1.20. The minimum absolute atomic E-state index is 0. The monoisotopic (exact) mass is 290 g/mol. The van der Waals surface area contributed by atoms with Gasteiger partial charge in [0.2, 0.25) is 0 Å². The van der Waals surface area contributed by atoms with Crippen LogP contribution in [0.3, 0.4) is 0 Å². The highest BCUT2D eigenvalue weighted by molar-refractivity contribution is 9.10. The molecule has 0 bridgehead atoms. The first-order chi connectivity index (χ1) is 6.77. The van der Waals surface area contributed by atoms with E-state index in [1.165, 1.54) is 15.7 Å². The molecule has 2 rings (SSSR count). The van der Waals surface area contributed by atoms with E-state index >= 15 is 0 Å². The number of hydrogen-bond donors (Lipinski definition) is 1. The molecule has 0 radical (unpaired) electrons. The zero-order valence-corrected chi connectivity index (χ0v) is 11.2. The molecule has 1 heterocycles. The van der Waals surface area contributed by atoms with Gasteiger partial charge in [-0.15, -0.1) is 12.4 Å². The van der Waals surface area contributed by atoms with Gasteiger partial charge in [0.1, 0.15) is 0 Å². The van der Waals surface area contributed by atoms with E-state index in [2.05, 4.69) is 51.3 Å². The molecule has 0 spiro atoms. The molecule has 15 heavy (non-hydrogen) atoms. The summed E-state index contributed by atoms with van der Waals surface area (Å²) in [6.45, 7) is 6.51. The van der Waals surface area contributed by atoms with Crippen molar-refractivity contribution in [1.29, 1.82) is 0 Å². The Labute approximate surface area is 106 Å². The fraction of sp³-hybridized carbons (Fsp3) is 0.455. The zero-order valence-electron chi connectivity index (χ0n) is 8.79. The van der Waals surface area contributed by atoms with Gasteiger partial charge in [-0.1, -0.05) is 22.0 Å². The Balaban J connectivity index is 0.00000112. The minimum atomic E-state index is 0. The summed E-state index contributed by atoms with van der Waals surface area (Å²) in [4.78, 5) is 2.42. The molecular formula is C11H16BrClN2. The lowest BCUT2D eigenvalue weighted by atomic mass is 10.2. The molecule has 1 aliphatic rings. The van der Waals surface area contributed by atoms with Crippen molar-refractivity contribution in [3.8, 4) is 0 Å². The first kappa shape index (κ1) is 12.8. The maximum atomic E-state index is 3.57. The molecule has 1 fully saturated rings. The molecule has 0 unspecified atom stereocenters. The second-order valence-electron chi connectivity index (χ2n) is 3.67. The topological polar surface area (TPSA) is 15.3 Å². The Kier molecular flexibility index (Phi) is 4.90. The Morgan fingerprint density at radius 2 is 1.93 bits per heavy atom. The second-order valence-corrected chi connectivity index (χ2v) is 4.52. The van der Waals surface area contributed by atoms with Gasteiger partial charge in [-0.05, 0) is 24.6 Å². The highest BCUT2D eigenvalue weighted by Gasteiger charge is 2.10. The molecule has 0 aromatic heterocycles.